The van der Waals surface area contributed by atoms with Crippen molar-refractivity contribution in [1.82, 2.24) is 4.90 Å². The van der Waals surface area contributed by atoms with E-state index in [1.165, 1.54) is 4.90 Å². The first-order valence-corrected chi connectivity index (χ1v) is 5.02. The van der Waals surface area contributed by atoms with E-state index in [9.17, 15) is 4.79 Å². The minimum atomic E-state index is -0.528. The van der Waals surface area contributed by atoms with Gasteiger partial charge in [-0.1, -0.05) is 23.7 Å². The van der Waals surface area contributed by atoms with Crippen molar-refractivity contribution in [1.29, 1.82) is 0 Å². The van der Waals surface area contributed by atoms with E-state index in [1.807, 2.05) is 12.1 Å². The summed E-state index contributed by atoms with van der Waals surface area (Å²) >= 11 is 5.90. The summed E-state index contributed by atoms with van der Waals surface area (Å²) in [6, 6.07) is 7.09. The van der Waals surface area contributed by atoms with Crippen LogP contribution >= 0.6 is 11.6 Å². The smallest absolute Gasteiger partial charge is 0.262 e. The minimum Gasteiger partial charge on any atom is -0.479 e. The molecule has 0 saturated heterocycles. The zero-order valence-corrected chi connectivity index (χ0v) is 9.78. The molecule has 1 rings (SSSR count). The molecule has 0 unspecified atom stereocenters. The van der Waals surface area contributed by atoms with Gasteiger partial charge >= 0.3 is 0 Å². The monoisotopic (exact) mass is 227 g/mol. The normalized spacial score (nSPS) is 12.0. The van der Waals surface area contributed by atoms with Crippen molar-refractivity contribution in [2.24, 2.45) is 0 Å². The number of halogens is 1. The van der Waals surface area contributed by atoms with Gasteiger partial charge in [-0.25, -0.2) is 0 Å². The first kappa shape index (κ1) is 11.9. The maximum atomic E-state index is 11.5. The summed E-state index contributed by atoms with van der Waals surface area (Å²) in [5, 5.41) is 0.510. The molecule has 4 heteroatoms. The summed E-state index contributed by atoms with van der Waals surface area (Å²) in [6.07, 6.45) is -0.528. The third-order valence-electron chi connectivity index (χ3n) is 1.93. The Balaban J connectivity index is 2.71. The van der Waals surface area contributed by atoms with Crippen molar-refractivity contribution in [2.75, 3.05) is 14.1 Å². The number of hydrogen-bond acceptors (Lipinski definition) is 2. The van der Waals surface area contributed by atoms with Crippen LogP contribution in [-0.4, -0.2) is 31.0 Å². The summed E-state index contributed by atoms with van der Waals surface area (Å²) in [5.74, 6) is 0.441. The molecule has 0 aliphatic heterocycles. The highest BCUT2D eigenvalue weighted by atomic mass is 35.5. The molecule has 1 aromatic carbocycles. The molecule has 0 N–H and O–H groups in total. The maximum Gasteiger partial charge on any atom is 0.262 e. The third kappa shape index (κ3) is 3.13. The number of para-hydroxylation sites is 1. The van der Waals surface area contributed by atoms with Gasteiger partial charge in [-0.15, -0.1) is 0 Å². The molecular weight excluding hydrogens is 214 g/mol. The fourth-order valence-corrected chi connectivity index (χ4v) is 1.33. The van der Waals surface area contributed by atoms with E-state index in [-0.39, 0.29) is 5.91 Å². The van der Waals surface area contributed by atoms with Gasteiger partial charge in [0.2, 0.25) is 0 Å². The van der Waals surface area contributed by atoms with E-state index < -0.39 is 6.10 Å². The SMILES string of the molecule is C[C@@H](Oc1ccccc1Cl)C(=O)N(C)C. The average Bonchev–Trinajstić information content (AvgIpc) is 2.20. The lowest BCUT2D eigenvalue weighted by Crippen LogP contribution is -2.35. The number of carbonyl (C=O) groups is 1. The average molecular weight is 228 g/mol. The van der Waals surface area contributed by atoms with Gasteiger partial charge in [0, 0.05) is 14.1 Å². The molecular formula is C11H14ClNO2. The van der Waals surface area contributed by atoms with E-state index in [0.29, 0.717) is 10.8 Å². The molecule has 0 radical (unpaired) electrons. The second-order valence-corrected chi connectivity index (χ2v) is 3.83. The topological polar surface area (TPSA) is 29.5 Å². The zero-order chi connectivity index (χ0) is 11.4. The van der Waals surface area contributed by atoms with Crippen molar-refractivity contribution in [3.05, 3.63) is 29.3 Å². The van der Waals surface area contributed by atoms with Crippen LogP contribution in [0.3, 0.4) is 0 Å². The van der Waals surface area contributed by atoms with Crippen LogP contribution in [0.1, 0.15) is 6.92 Å². The Morgan fingerprint density at radius 1 is 1.40 bits per heavy atom. The van der Waals surface area contributed by atoms with E-state index >= 15 is 0 Å². The molecule has 0 heterocycles. The van der Waals surface area contributed by atoms with Crippen LogP contribution in [0, 0.1) is 0 Å². The van der Waals surface area contributed by atoms with Gasteiger partial charge < -0.3 is 9.64 Å². The highest BCUT2D eigenvalue weighted by Gasteiger charge is 2.17. The Morgan fingerprint density at radius 3 is 2.53 bits per heavy atom. The molecule has 0 saturated carbocycles. The summed E-state index contributed by atoms with van der Waals surface area (Å²) < 4.78 is 5.45. The standard InChI is InChI=1S/C11H14ClNO2/c1-8(11(14)13(2)3)15-10-7-5-4-6-9(10)12/h4-8H,1-3H3/t8-/m1/s1. The summed E-state index contributed by atoms with van der Waals surface area (Å²) in [5.41, 5.74) is 0. The molecule has 0 aromatic heterocycles. The van der Waals surface area contributed by atoms with Crippen molar-refractivity contribution >= 4 is 17.5 Å². The summed E-state index contributed by atoms with van der Waals surface area (Å²) in [4.78, 5) is 13.0. The Kier molecular flexibility index (Phi) is 3.97. The van der Waals surface area contributed by atoms with Crippen molar-refractivity contribution in [3.8, 4) is 5.75 Å². The molecule has 0 fully saturated rings. The van der Waals surface area contributed by atoms with Gasteiger partial charge in [-0.05, 0) is 19.1 Å². The molecule has 82 valence electrons. The molecule has 0 aliphatic rings. The van der Waals surface area contributed by atoms with E-state index in [0.717, 1.165) is 0 Å². The van der Waals surface area contributed by atoms with Crippen LogP contribution in [0.5, 0.6) is 5.75 Å². The second kappa shape index (κ2) is 5.03. The third-order valence-corrected chi connectivity index (χ3v) is 2.24. The predicted molar refractivity (Wildman–Crippen MR) is 60.2 cm³/mol. The lowest BCUT2D eigenvalue weighted by atomic mass is 10.3. The Hall–Kier alpha value is -1.22. The number of hydrogen-bond donors (Lipinski definition) is 0. The number of benzene rings is 1. The van der Waals surface area contributed by atoms with E-state index in [1.54, 1.807) is 33.2 Å². The molecule has 0 spiro atoms. The highest BCUT2D eigenvalue weighted by molar-refractivity contribution is 6.32. The van der Waals surface area contributed by atoms with Gasteiger partial charge in [0.1, 0.15) is 5.75 Å². The van der Waals surface area contributed by atoms with Crippen LogP contribution in [0.2, 0.25) is 5.02 Å². The van der Waals surface area contributed by atoms with Gasteiger partial charge in [0.25, 0.3) is 5.91 Å². The van der Waals surface area contributed by atoms with E-state index in [4.69, 9.17) is 16.3 Å². The van der Waals surface area contributed by atoms with Gasteiger partial charge in [0.15, 0.2) is 6.10 Å². The zero-order valence-electron chi connectivity index (χ0n) is 9.03. The summed E-state index contributed by atoms with van der Waals surface area (Å²) in [6.45, 7) is 1.70. The Bertz CT molecular complexity index is 352. The van der Waals surface area contributed by atoms with Crippen LogP contribution in [0.4, 0.5) is 0 Å². The fourth-order valence-electron chi connectivity index (χ4n) is 1.14. The minimum absolute atomic E-state index is 0.0880. The quantitative estimate of drug-likeness (QED) is 0.792. The molecule has 1 aromatic rings. The van der Waals surface area contributed by atoms with Gasteiger partial charge in [-0.2, -0.15) is 0 Å². The lowest BCUT2D eigenvalue weighted by Gasteiger charge is -2.18. The van der Waals surface area contributed by atoms with Crippen LogP contribution < -0.4 is 4.74 Å². The number of amides is 1. The van der Waals surface area contributed by atoms with Crippen LogP contribution in [-0.2, 0) is 4.79 Å². The molecule has 1 atom stereocenters. The maximum absolute atomic E-state index is 11.5. The number of ether oxygens (including phenoxy) is 1. The molecule has 3 nitrogen and oxygen atoms in total. The van der Waals surface area contributed by atoms with Crippen molar-refractivity contribution in [3.63, 3.8) is 0 Å². The number of carbonyl (C=O) groups excluding carboxylic acids is 1. The summed E-state index contributed by atoms with van der Waals surface area (Å²) in [7, 11) is 3.38. The highest BCUT2D eigenvalue weighted by Crippen LogP contribution is 2.24. The molecule has 15 heavy (non-hydrogen) atoms. The lowest BCUT2D eigenvalue weighted by molar-refractivity contribution is -0.135. The second-order valence-electron chi connectivity index (χ2n) is 3.42. The predicted octanol–water partition coefficient (Wildman–Crippen LogP) is 2.20. The van der Waals surface area contributed by atoms with Crippen LogP contribution in [0.25, 0.3) is 0 Å². The largest absolute Gasteiger partial charge is 0.479 e. The molecule has 0 aliphatic carbocycles. The van der Waals surface area contributed by atoms with Gasteiger partial charge in [-0.3, -0.25) is 4.79 Å². The van der Waals surface area contributed by atoms with Crippen molar-refractivity contribution in [2.45, 2.75) is 13.0 Å². The van der Waals surface area contributed by atoms with Crippen LogP contribution in [0.15, 0.2) is 24.3 Å². The first-order chi connectivity index (χ1) is 7.02. The Morgan fingerprint density at radius 2 is 2.00 bits per heavy atom. The Labute approximate surface area is 94.6 Å². The number of rotatable bonds is 3. The van der Waals surface area contributed by atoms with Crippen molar-refractivity contribution < 1.29 is 9.53 Å². The van der Waals surface area contributed by atoms with Gasteiger partial charge in [0.05, 0.1) is 5.02 Å². The van der Waals surface area contributed by atoms with E-state index in [2.05, 4.69) is 0 Å². The molecule has 1 amide bonds. The molecule has 0 bridgehead atoms. The first-order valence-electron chi connectivity index (χ1n) is 4.64. The number of likely N-dealkylation sites (N-methyl/N-ethyl adjacent to an activating group) is 1. The fraction of sp³-hybridized carbons (Fsp3) is 0.364. The number of nitrogens with zero attached hydrogens (tertiary/aromatic N) is 1.